The number of benzene rings is 2. The summed E-state index contributed by atoms with van der Waals surface area (Å²) in [4.78, 5) is 26.6. The molecule has 2 bridgehead atoms. The number of aliphatic hydroxyl groups is 1. The Balaban J connectivity index is 1.27. The van der Waals surface area contributed by atoms with Gasteiger partial charge in [-0.2, -0.15) is 0 Å². The molecule has 2 aliphatic carbocycles. The molecule has 1 saturated carbocycles. The van der Waals surface area contributed by atoms with Gasteiger partial charge in [-0.15, -0.1) is 0 Å². The first kappa shape index (κ1) is 20.1. The van der Waals surface area contributed by atoms with Gasteiger partial charge in [0, 0.05) is 30.8 Å². The Morgan fingerprint density at radius 1 is 0.968 bits per heavy atom. The van der Waals surface area contributed by atoms with Crippen LogP contribution in [0, 0.1) is 17.8 Å². The second-order valence-corrected chi connectivity index (χ2v) is 8.91. The van der Waals surface area contributed by atoms with E-state index >= 15 is 0 Å². The zero-order chi connectivity index (χ0) is 21.5. The summed E-state index contributed by atoms with van der Waals surface area (Å²) in [6.07, 6.45) is 0.244. The molecule has 1 heterocycles. The third-order valence-corrected chi connectivity index (χ3v) is 7.18. The summed E-state index contributed by atoms with van der Waals surface area (Å²) in [6, 6.07) is 16.5. The van der Waals surface area contributed by atoms with Crippen molar-refractivity contribution in [3.63, 3.8) is 0 Å². The number of hydrogen-bond donors (Lipinski definition) is 1. The van der Waals surface area contributed by atoms with Crippen molar-refractivity contribution in [3.05, 3.63) is 59.7 Å². The molecule has 0 aromatic heterocycles. The third kappa shape index (κ3) is 3.49. The Labute approximate surface area is 181 Å². The first-order chi connectivity index (χ1) is 15.1. The highest BCUT2D eigenvalue weighted by Crippen LogP contribution is 2.45. The lowest BCUT2D eigenvalue weighted by Crippen LogP contribution is -2.55. The lowest BCUT2D eigenvalue weighted by molar-refractivity contribution is -0.152. The Morgan fingerprint density at radius 2 is 1.52 bits per heavy atom. The number of fused-ring (bicyclic) bond motifs is 5. The number of carbonyl (C=O) groups excluding carboxylic acids is 2. The van der Waals surface area contributed by atoms with Crippen LogP contribution in [0.1, 0.15) is 29.9 Å². The van der Waals surface area contributed by atoms with Gasteiger partial charge in [0.1, 0.15) is 6.61 Å². The average molecular weight is 421 g/mol. The van der Waals surface area contributed by atoms with Gasteiger partial charge in [-0.05, 0) is 35.1 Å². The molecule has 31 heavy (non-hydrogen) atoms. The van der Waals surface area contributed by atoms with Crippen molar-refractivity contribution in [2.75, 3.05) is 26.8 Å². The molecule has 0 spiro atoms. The van der Waals surface area contributed by atoms with Crippen LogP contribution in [0.15, 0.2) is 48.5 Å². The SMILES string of the molecule is COC(=O)C1CC2CN(C(=O)OCC3c4ccccc4-c4ccccc43)CC(C1)C2O. The Morgan fingerprint density at radius 3 is 2.06 bits per heavy atom. The van der Waals surface area contributed by atoms with Gasteiger partial charge in [0.2, 0.25) is 0 Å². The van der Waals surface area contributed by atoms with E-state index in [1.54, 1.807) is 4.90 Å². The molecule has 2 aromatic rings. The van der Waals surface area contributed by atoms with E-state index in [-0.39, 0.29) is 42.3 Å². The molecule has 1 aliphatic heterocycles. The second kappa shape index (κ2) is 8.00. The van der Waals surface area contributed by atoms with Crippen LogP contribution >= 0.6 is 0 Å². The number of methoxy groups -OCH3 is 1. The van der Waals surface area contributed by atoms with E-state index in [1.165, 1.54) is 29.4 Å². The van der Waals surface area contributed by atoms with Gasteiger partial charge in [-0.1, -0.05) is 48.5 Å². The van der Waals surface area contributed by atoms with Crippen LogP contribution in [0.25, 0.3) is 11.1 Å². The number of esters is 1. The zero-order valence-corrected chi connectivity index (χ0v) is 17.6. The van der Waals surface area contributed by atoms with Crippen LogP contribution in [0.4, 0.5) is 4.79 Å². The van der Waals surface area contributed by atoms with Gasteiger partial charge in [-0.3, -0.25) is 4.79 Å². The van der Waals surface area contributed by atoms with E-state index in [0.717, 1.165) is 0 Å². The fourth-order valence-corrected chi connectivity index (χ4v) is 5.69. The smallest absolute Gasteiger partial charge is 0.409 e. The molecule has 6 nitrogen and oxygen atoms in total. The minimum atomic E-state index is -0.487. The number of hydrogen-bond acceptors (Lipinski definition) is 5. The van der Waals surface area contributed by atoms with E-state index in [2.05, 4.69) is 24.3 Å². The van der Waals surface area contributed by atoms with Crippen LogP contribution < -0.4 is 0 Å². The second-order valence-electron chi connectivity index (χ2n) is 8.91. The van der Waals surface area contributed by atoms with E-state index in [1.807, 2.05) is 24.3 Å². The van der Waals surface area contributed by atoms with Crippen LogP contribution in [0.3, 0.4) is 0 Å². The molecule has 0 radical (unpaired) electrons. The maximum absolute atomic E-state index is 12.9. The molecular formula is C25H27NO5. The van der Waals surface area contributed by atoms with E-state index in [0.29, 0.717) is 25.9 Å². The van der Waals surface area contributed by atoms with E-state index in [4.69, 9.17) is 9.47 Å². The van der Waals surface area contributed by atoms with Crippen molar-refractivity contribution in [3.8, 4) is 11.1 Å². The highest BCUT2D eigenvalue weighted by molar-refractivity contribution is 5.79. The Bertz CT molecular complexity index is 943. The molecule has 2 fully saturated rings. The van der Waals surface area contributed by atoms with Gasteiger partial charge < -0.3 is 19.5 Å². The predicted octanol–water partition coefficient (Wildman–Crippen LogP) is 3.43. The number of rotatable bonds is 3. The van der Waals surface area contributed by atoms with Crippen molar-refractivity contribution in [2.24, 2.45) is 17.8 Å². The summed E-state index contributed by atoms with van der Waals surface area (Å²) in [6.45, 7) is 1.09. The fourth-order valence-electron chi connectivity index (χ4n) is 5.69. The summed E-state index contributed by atoms with van der Waals surface area (Å²) in [5.41, 5.74) is 4.76. The Kier molecular flexibility index (Phi) is 5.18. The summed E-state index contributed by atoms with van der Waals surface area (Å²) in [7, 11) is 1.39. The molecule has 2 atom stereocenters. The molecule has 3 aliphatic rings. The zero-order valence-electron chi connectivity index (χ0n) is 17.6. The largest absolute Gasteiger partial charge is 0.469 e. The maximum atomic E-state index is 12.9. The first-order valence-corrected chi connectivity index (χ1v) is 10.9. The third-order valence-electron chi connectivity index (χ3n) is 7.18. The van der Waals surface area contributed by atoms with Gasteiger partial charge in [0.25, 0.3) is 0 Å². The first-order valence-electron chi connectivity index (χ1n) is 10.9. The van der Waals surface area contributed by atoms with Crippen LogP contribution in [0.5, 0.6) is 0 Å². The highest BCUT2D eigenvalue weighted by atomic mass is 16.6. The molecule has 5 rings (SSSR count). The topological polar surface area (TPSA) is 76.1 Å². The number of amides is 1. The standard InChI is InChI=1S/C25H27NO5/c1-30-24(28)15-10-16-12-26(13-17(11-15)23(16)27)25(29)31-14-22-20-8-4-2-6-18(20)19-7-3-5-9-21(19)22/h2-9,15-17,22-23,27H,10-14H2,1H3. The maximum Gasteiger partial charge on any atom is 0.409 e. The predicted molar refractivity (Wildman–Crippen MR) is 114 cm³/mol. The summed E-state index contributed by atoms with van der Waals surface area (Å²) in [5.74, 6) is -0.659. The monoisotopic (exact) mass is 421 g/mol. The number of nitrogens with zero attached hydrogens (tertiary/aromatic N) is 1. The average Bonchev–Trinajstić information content (AvgIpc) is 3.10. The van der Waals surface area contributed by atoms with Crippen molar-refractivity contribution in [2.45, 2.75) is 24.9 Å². The van der Waals surface area contributed by atoms with Gasteiger partial charge in [0.05, 0.1) is 19.1 Å². The highest BCUT2D eigenvalue weighted by Gasteiger charge is 2.46. The summed E-state index contributed by atoms with van der Waals surface area (Å²) >= 11 is 0. The number of ether oxygens (including phenoxy) is 2. The number of piperidine rings is 1. The molecule has 6 heteroatoms. The summed E-state index contributed by atoms with van der Waals surface area (Å²) in [5, 5.41) is 10.6. The van der Waals surface area contributed by atoms with Crippen LogP contribution in [-0.2, 0) is 14.3 Å². The van der Waals surface area contributed by atoms with Gasteiger partial charge in [0.15, 0.2) is 0 Å². The van der Waals surface area contributed by atoms with Gasteiger partial charge in [-0.25, -0.2) is 4.79 Å². The number of likely N-dealkylation sites (tertiary alicyclic amines) is 1. The van der Waals surface area contributed by atoms with Crippen LogP contribution in [-0.4, -0.2) is 55.0 Å². The molecule has 162 valence electrons. The Hall–Kier alpha value is -2.86. The molecule has 1 saturated heterocycles. The van der Waals surface area contributed by atoms with Crippen LogP contribution in [0.2, 0.25) is 0 Å². The van der Waals surface area contributed by atoms with Crippen molar-refractivity contribution in [1.29, 1.82) is 0 Å². The molecule has 1 amide bonds. The number of aliphatic hydroxyl groups excluding tert-OH is 1. The van der Waals surface area contributed by atoms with E-state index < -0.39 is 6.10 Å². The van der Waals surface area contributed by atoms with Gasteiger partial charge >= 0.3 is 12.1 Å². The molecule has 2 aromatic carbocycles. The lowest BCUT2D eigenvalue weighted by Gasteiger charge is -2.46. The summed E-state index contributed by atoms with van der Waals surface area (Å²) < 4.78 is 10.7. The number of carbonyl (C=O) groups is 2. The molecule has 1 N–H and O–H groups in total. The lowest BCUT2D eigenvalue weighted by atomic mass is 9.70. The molecule has 2 unspecified atom stereocenters. The fraction of sp³-hybridized carbons (Fsp3) is 0.440. The van der Waals surface area contributed by atoms with E-state index in [9.17, 15) is 14.7 Å². The normalized spacial score (nSPS) is 26.7. The quantitative estimate of drug-likeness (QED) is 0.769. The van der Waals surface area contributed by atoms with Crippen molar-refractivity contribution >= 4 is 12.1 Å². The molecular weight excluding hydrogens is 394 g/mol. The van der Waals surface area contributed by atoms with Crippen molar-refractivity contribution in [1.82, 2.24) is 4.90 Å². The minimum Gasteiger partial charge on any atom is -0.469 e. The van der Waals surface area contributed by atoms with Crippen molar-refractivity contribution < 1.29 is 24.2 Å². The minimum absolute atomic E-state index is 0.0231.